The van der Waals surface area contributed by atoms with Crippen LogP contribution in [0.25, 0.3) is 0 Å². The lowest BCUT2D eigenvalue weighted by molar-refractivity contribution is -0.896. The van der Waals surface area contributed by atoms with Crippen LogP contribution in [0.2, 0.25) is 0 Å². The van der Waals surface area contributed by atoms with Crippen LogP contribution in [0, 0.1) is 0 Å². The Morgan fingerprint density at radius 2 is 1.83 bits per heavy atom. The van der Waals surface area contributed by atoms with E-state index in [4.69, 9.17) is 9.47 Å². The summed E-state index contributed by atoms with van der Waals surface area (Å²) in [6.45, 7) is 7.39. The number of ether oxygens (including phenoxy) is 2. The van der Waals surface area contributed by atoms with Crippen molar-refractivity contribution in [2.24, 2.45) is 0 Å². The van der Waals surface area contributed by atoms with Crippen LogP contribution < -0.4 is 10.2 Å². The number of carbonyl (C=O) groups is 3. The number of nitrogens with one attached hydrogen (secondary N) is 2. The molecule has 1 aromatic heterocycles. The fourth-order valence-electron chi connectivity index (χ4n) is 3.91. The molecule has 160 valence electrons. The standard InChI is InChI=1S/C20H29N3O5S/c1-3-27-19(25)17-14-8-11-23(20(26)28-4-2)12-15(14)29-18(17)21-16(24)13-22-9-6-5-7-10-22/h3-13H2,1-2H3,(H,21,24)/p+1. The molecule has 0 spiro atoms. The number of piperidine rings is 1. The molecule has 9 heteroatoms. The minimum atomic E-state index is -0.421. The quantitative estimate of drug-likeness (QED) is 0.675. The number of anilines is 1. The summed E-state index contributed by atoms with van der Waals surface area (Å²) < 4.78 is 10.3. The van der Waals surface area contributed by atoms with Crippen LogP contribution in [0.15, 0.2) is 0 Å². The minimum absolute atomic E-state index is 0.0895. The average molecular weight is 425 g/mol. The second-order valence-electron chi connectivity index (χ2n) is 7.33. The smallest absolute Gasteiger partial charge is 0.410 e. The van der Waals surface area contributed by atoms with Crippen molar-refractivity contribution in [3.05, 3.63) is 16.0 Å². The lowest BCUT2D eigenvalue weighted by Crippen LogP contribution is -3.13. The normalized spacial score (nSPS) is 16.8. The van der Waals surface area contributed by atoms with E-state index in [0.29, 0.717) is 43.2 Å². The molecule has 3 heterocycles. The summed E-state index contributed by atoms with van der Waals surface area (Å²) in [5.74, 6) is -0.511. The molecule has 1 aromatic rings. The number of quaternary nitrogens is 1. The third-order valence-electron chi connectivity index (χ3n) is 5.29. The van der Waals surface area contributed by atoms with Gasteiger partial charge in [0.05, 0.1) is 38.4 Å². The van der Waals surface area contributed by atoms with Crippen molar-refractivity contribution >= 4 is 34.3 Å². The van der Waals surface area contributed by atoms with Crippen LogP contribution in [0.3, 0.4) is 0 Å². The molecule has 0 aromatic carbocycles. The van der Waals surface area contributed by atoms with Crippen LogP contribution in [-0.2, 0) is 27.2 Å². The Labute approximate surface area is 175 Å². The van der Waals surface area contributed by atoms with E-state index in [1.165, 1.54) is 22.7 Å². The minimum Gasteiger partial charge on any atom is -0.462 e. The SMILES string of the molecule is CCOC(=O)c1c(NC(=O)C[NH+]2CCCCC2)sc2c1CCN(C(=O)OCC)C2. The third-order valence-corrected chi connectivity index (χ3v) is 6.42. The van der Waals surface area contributed by atoms with Gasteiger partial charge in [0, 0.05) is 11.4 Å². The third kappa shape index (κ3) is 5.27. The van der Waals surface area contributed by atoms with Crippen molar-refractivity contribution in [1.82, 2.24) is 4.90 Å². The number of carbonyl (C=O) groups excluding carboxylic acids is 3. The lowest BCUT2D eigenvalue weighted by atomic mass is 10.0. The number of fused-ring (bicyclic) bond motifs is 1. The molecule has 2 aliphatic heterocycles. The molecule has 0 saturated carbocycles. The molecule has 0 bridgehead atoms. The highest BCUT2D eigenvalue weighted by molar-refractivity contribution is 7.17. The van der Waals surface area contributed by atoms with Gasteiger partial charge in [-0.2, -0.15) is 0 Å². The first-order valence-corrected chi connectivity index (χ1v) is 11.2. The molecule has 0 radical (unpaired) electrons. The van der Waals surface area contributed by atoms with E-state index >= 15 is 0 Å². The Kier molecular flexibility index (Phi) is 7.49. The Bertz CT molecular complexity index is 758. The van der Waals surface area contributed by atoms with Gasteiger partial charge in [-0.25, -0.2) is 9.59 Å². The van der Waals surface area contributed by atoms with Crippen LogP contribution in [0.5, 0.6) is 0 Å². The summed E-state index contributed by atoms with van der Waals surface area (Å²) in [5.41, 5.74) is 1.31. The van der Waals surface area contributed by atoms with Crippen molar-refractivity contribution < 1.29 is 28.8 Å². The molecule has 29 heavy (non-hydrogen) atoms. The fourth-order valence-corrected chi connectivity index (χ4v) is 5.18. The highest BCUT2D eigenvalue weighted by atomic mass is 32.1. The maximum absolute atomic E-state index is 12.6. The number of nitrogens with zero attached hydrogens (tertiary/aromatic N) is 1. The zero-order chi connectivity index (χ0) is 20.8. The summed E-state index contributed by atoms with van der Waals surface area (Å²) in [6, 6.07) is 0. The predicted octanol–water partition coefficient (Wildman–Crippen LogP) is 1.45. The molecule has 0 unspecified atom stereocenters. The predicted molar refractivity (Wildman–Crippen MR) is 109 cm³/mol. The average Bonchev–Trinajstić information content (AvgIpc) is 3.05. The van der Waals surface area contributed by atoms with Gasteiger partial charge in [-0.3, -0.25) is 4.79 Å². The molecule has 1 saturated heterocycles. The first kappa shape index (κ1) is 21.6. The maximum atomic E-state index is 12.6. The number of amides is 2. The summed E-state index contributed by atoms with van der Waals surface area (Å²) in [6.07, 6.45) is 3.70. The molecule has 3 rings (SSSR count). The van der Waals surface area contributed by atoms with E-state index in [9.17, 15) is 14.4 Å². The van der Waals surface area contributed by atoms with Gasteiger partial charge >= 0.3 is 12.1 Å². The second-order valence-corrected chi connectivity index (χ2v) is 8.44. The molecule has 0 aliphatic carbocycles. The summed E-state index contributed by atoms with van der Waals surface area (Å²) >= 11 is 1.35. The molecule has 2 N–H and O–H groups in total. The van der Waals surface area contributed by atoms with Gasteiger partial charge in [0.25, 0.3) is 5.91 Å². The fraction of sp³-hybridized carbons (Fsp3) is 0.650. The van der Waals surface area contributed by atoms with Crippen LogP contribution >= 0.6 is 11.3 Å². The summed E-state index contributed by atoms with van der Waals surface area (Å²) in [5, 5.41) is 3.48. The number of esters is 1. The van der Waals surface area contributed by atoms with E-state index in [-0.39, 0.29) is 18.6 Å². The first-order valence-electron chi connectivity index (χ1n) is 10.4. The molecule has 8 nitrogen and oxygen atoms in total. The van der Waals surface area contributed by atoms with Gasteiger partial charge in [0.15, 0.2) is 6.54 Å². The zero-order valence-corrected chi connectivity index (χ0v) is 18.0. The molecule has 1 fully saturated rings. The van der Waals surface area contributed by atoms with Crippen molar-refractivity contribution in [3.63, 3.8) is 0 Å². The van der Waals surface area contributed by atoms with Crippen molar-refractivity contribution in [2.75, 3.05) is 44.7 Å². The van der Waals surface area contributed by atoms with Gasteiger partial charge < -0.3 is 24.6 Å². The molecule has 2 aliphatic rings. The number of hydrogen-bond donors (Lipinski definition) is 2. The zero-order valence-electron chi connectivity index (χ0n) is 17.2. The van der Waals surface area contributed by atoms with Gasteiger partial charge in [-0.05, 0) is 45.1 Å². The molecule has 2 amide bonds. The highest BCUT2D eigenvalue weighted by Crippen LogP contribution is 2.37. The van der Waals surface area contributed by atoms with Crippen LogP contribution in [-0.4, -0.2) is 62.3 Å². The number of rotatable bonds is 6. The monoisotopic (exact) mass is 424 g/mol. The van der Waals surface area contributed by atoms with E-state index in [2.05, 4.69) is 5.32 Å². The number of thiophene rings is 1. The van der Waals surface area contributed by atoms with Gasteiger partial charge in [-0.1, -0.05) is 0 Å². The van der Waals surface area contributed by atoms with E-state index in [1.54, 1.807) is 18.7 Å². The van der Waals surface area contributed by atoms with E-state index in [0.717, 1.165) is 36.4 Å². The summed E-state index contributed by atoms with van der Waals surface area (Å²) in [7, 11) is 0. The number of likely N-dealkylation sites (tertiary alicyclic amines) is 1. The Morgan fingerprint density at radius 1 is 1.10 bits per heavy atom. The molecular weight excluding hydrogens is 394 g/mol. The van der Waals surface area contributed by atoms with Crippen molar-refractivity contribution in [3.8, 4) is 0 Å². The van der Waals surface area contributed by atoms with E-state index in [1.807, 2.05) is 0 Å². The van der Waals surface area contributed by atoms with Gasteiger partial charge in [-0.15, -0.1) is 11.3 Å². The first-order chi connectivity index (χ1) is 14.0. The maximum Gasteiger partial charge on any atom is 0.410 e. The van der Waals surface area contributed by atoms with Crippen LogP contribution in [0.4, 0.5) is 9.80 Å². The van der Waals surface area contributed by atoms with E-state index < -0.39 is 5.97 Å². The van der Waals surface area contributed by atoms with Crippen molar-refractivity contribution in [1.29, 1.82) is 0 Å². The van der Waals surface area contributed by atoms with Crippen LogP contribution in [0.1, 0.15) is 53.9 Å². The Hall–Kier alpha value is -2.13. The lowest BCUT2D eigenvalue weighted by Gasteiger charge is -2.26. The highest BCUT2D eigenvalue weighted by Gasteiger charge is 2.32. The largest absolute Gasteiger partial charge is 0.462 e. The van der Waals surface area contributed by atoms with Gasteiger partial charge in [0.1, 0.15) is 5.00 Å². The topological polar surface area (TPSA) is 89.4 Å². The second kappa shape index (κ2) is 10.1. The van der Waals surface area contributed by atoms with Crippen molar-refractivity contribution in [2.45, 2.75) is 46.1 Å². The summed E-state index contributed by atoms with van der Waals surface area (Å²) in [4.78, 5) is 41.1. The number of hydrogen-bond acceptors (Lipinski definition) is 6. The molecular formula is C20H30N3O5S+. The Morgan fingerprint density at radius 3 is 2.52 bits per heavy atom. The Balaban J connectivity index is 1.77. The molecule has 0 atom stereocenters. The van der Waals surface area contributed by atoms with Gasteiger partial charge in [0.2, 0.25) is 0 Å².